The van der Waals surface area contributed by atoms with Gasteiger partial charge in [-0.1, -0.05) is 23.7 Å². The molecular weight excluding hydrogens is 361 g/mol. The van der Waals surface area contributed by atoms with E-state index in [1.807, 2.05) is 24.3 Å². The Hall–Kier alpha value is -0.550. The van der Waals surface area contributed by atoms with Gasteiger partial charge in [-0.2, -0.15) is 0 Å². The van der Waals surface area contributed by atoms with Gasteiger partial charge in [-0.25, -0.2) is 4.39 Å². The smallest absolute Gasteiger partial charge is 0.126 e. The van der Waals surface area contributed by atoms with Crippen molar-refractivity contribution in [2.75, 3.05) is 5.75 Å². The molecule has 1 atom stereocenters. The zero-order chi connectivity index (χ0) is 14.5. The van der Waals surface area contributed by atoms with E-state index in [1.54, 1.807) is 23.9 Å². The largest absolute Gasteiger partial charge is 0.327 e. The molecule has 2 rings (SSSR count). The monoisotopic (exact) mass is 373 g/mol. The number of halogens is 3. The highest BCUT2D eigenvalue weighted by molar-refractivity contribution is 9.10. The van der Waals surface area contributed by atoms with Crippen molar-refractivity contribution in [1.29, 1.82) is 0 Å². The van der Waals surface area contributed by atoms with Crippen molar-refractivity contribution in [2.45, 2.75) is 17.4 Å². The molecule has 0 saturated heterocycles. The number of nitrogens with two attached hydrogens (primary N) is 1. The van der Waals surface area contributed by atoms with E-state index in [0.29, 0.717) is 22.8 Å². The van der Waals surface area contributed by atoms with Gasteiger partial charge in [-0.05, 0) is 58.2 Å². The van der Waals surface area contributed by atoms with Crippen molar-refractivity contribution in [3.8, 4) is 0 Å². The van der Waals surface area contributed by atoms with E-state index in [2.05, 4.69) is 15.9 Å². The number of hydrogen-bond acceptors (Lipinski definition) is 2. The van der Waals surface area contributed by atoms with Crippen molar-refractivity contribution >= 4 is 39.3 Å². The Balaban J connectivity index is 1.94. The van der Waals surface area contributed by atoms with Crippen LogP contribution in [0.5, 0.6) is 0 Å². The van der Waals surface area contributed by atoms with Crippen LogP contribution in [-0.2, 0) is 6.42 Å². The minimum Gasteiger partial charge on any atom is -0.327 e. The van der Waals surface area contributed by atoms with Crippen LogP contribution in [0.2, 0.25) is 5.02 Å². The van der Waals surface area contributed by atoms with E-state index in [9.17, 15) is 4.39 Å². The molecule has 0 radical (unpaired) electrons. The SMILES string of the molecule is NC(CSc1ccccc1Br)Cc1cc(Cl)ccc1F. The van der Waals surface area contributed by atoms with Crippen LogP contribution >= 0.6 is 39.3 Å². The van der Waals surface area contributed by atoms with E-state index >= 15 is 0 Å². The second kappa shape index (κ2) is 7.46. The minimum absolute atomic E-state index is 0.125. The molecule has 0 fully saturated rings. The van der Waals surface area contributed by atoms with Gasteiger partial charge < -0.3 is 5.73 Å². The predicted molar refractivity (Wildman–Crippen MR) is 88.0 cm³/mol. The number of rotatable bonds is 5. The fourth-order valence-electron chi connectivity index (χ4n) is 1.80. The van der Waals surface area contributed by atoms with Gasteiger partial charge in [-0.15, -0.1) is 11.8 Å². The summed E-state index contributed by atoms with van der Waals surface area (Å²) in [6.07, 6.45) is 0.476. The lowest BCUT2D eigenvalue weighted by Crippen LogP contribution is -2.26. The molecule has 0 aliphatic carbocycles. The quantitative estimate of drug-likeness (QED) is 0.753. The summed E-state index contributed by atoms with van der Waals surface area (Å²) in [4.78, 5) is 1.13. The third-order valence-electron chi connectivity index (χ3n) is 2.78. The van der Waals surface area contributed by atoms with Gasteiger partial charge in [0.1, 0.15) is 5.82 Å². The molecule has 2 aromatic carbocycles. The molecule has 5 heteroatoms. The van der Waals surface area contributed by atoms with Crippen LogP contribution in [0.1, 0.15) is 5.56 Å². The maximum atomic E-state index is 13.6. The molecule has 2 N–H and O–H groups in total. The molecule has 0 heterocycles. The molecule has 20 heavy (non-hydrogen) atoms. The number of benzene rings is 2. The summed E-state index contributed by atoms with van der Waals surface area (Å²) in [5.41, 5.74) is 6.64. The molecule has 106 valence electrons. The predicted octanol–water partition coefficient (Wildman–Crippen LogP) is 4.90. The summed E-state index contributed by atoms with van der Waals surface area (Å²) in [5, 5.41) is 0.534. The lowest BCUT2D eigenvalue weighted by molar-refractivity contribution is 0.597. The van der Waals surface area contributed by atoms with Crippen molar-refractivity contribution in [3.05, 3.63) is 63.3 Å². The summed E-state index contributed by atoms with van der Waals surface area (Å²) >= 11 is 11.0. The molecule has 0 aromatic heterocycles. The Morgan fingerprint density at radius 1 is 1.25 bits per heavy atom. The summed E-state index contributed by atoms with van der Waals surface area (Å²) in [7, 11) is 0. The van der Waals surface area contributed by atoms with Gasteiger partial charge >= 0.3 is 0 Å². The first-order valence-corrected chi connectivity index (χ1v) is 8.29. The molecular formula is C15H14BrClFNS. The molecule has 0 amide bonds. The highest BCUT2D eigenvalue weighted by Gasteiger charge is 2.10. The second-order valence-electron chi connectivity index (χ2n) is 4.44. The summed E-state index contributed by atoms with van der Waals surface area (Å²) < 4.78 is 14.7. The van der Waals surface area contributed by atoms with Crippen LogP contribution in [0.25, 0.3) is 0 Å². The van der Waals surface area contributed by atoms with Crippen LogP contribution in [0.15, 0.2) is 51.8 Å². The Morgan fingerprint density at radius 2 is 2.00 bits per heavy atom. The van der Waals surface area contributed by atoms with E-state index in [0.717, 1.165) is 9.37 Å². The molecule has 0 saturated carbocycles. The lowest BCUT2D eigenvalue weighted by atomic mass is 10.1. The Labute approximate surface area is 135 Å². The molecule has 2 aromatic rings. The Kier molecular flexibility index (Phi) is 5.90. The fourth-order valence-corrected chi connectivity index (χ4v) is 3.51. The van der Waals surface area contributed by atoms with Crippen LogP contribution < -0.4 is 5.73 Å². The molecule has 0 aliphatic heterocycles. The highest BCUT2D eigenvalue weighted by Crippen LogP contribution is 2.27. The molecule has 0 spiro atoms. The zero-order valence-electron chi connectivity index (χ0n) is 10.7. The van der Waals surface area contributed by atoms with Gasteiger partial charge in [0.25, 0.3) is 0 Å². The van der Waals surface area contributed by atoms with Crippen LogP contribution in [-0.4, -0.2) is 11.8 Å². The summed E-state index contributed by atoms with van der Waals surface area (Å²) in [6.45, 7) is 0. The first-order valence-electron chi connectivity index (χ1n) is 6.13. The maximum Gasteiger partial charge on any atom is 0.126 e. The molecule has 0 bridgehead atoms. The van der Waals surface area contributed by atoms with Gasteiger partial charge in [0, 0.05) is 26.2 Å². The van der Waals surface area contributed by atoms with E-state index < -0.39 is 0 Å². The Morgan fingerprint density at radius 3 is 2.75 bits per heavy atom. The van der Waals surface area contributed by atoms with Gasteiger partial charge in [0.05, 0.1) is 0 Å². The molecule has 0 aliphatic rings. The normalized spacial score (nSPS) is 12.4. The van der Waals surface area contributed by atoms with Gasteiger partial charge in [-0.3, -0.25) is 0 Å². The number of thioether (sulfide) groups is 1. The van der Waals surface area contributed by atoms with Crippen molar-refractivity contribution in [1.82, 2.24) is 0 Å². The third-order valence-corrected chi connectivity index (χ3v) is 5.23. The van der Waals surface area contributed by atoms with E-state index in [4.69, 9.17) is 17.3 Å². The maximum absolute atomic E-state index is 13.6. The van der Waals surface area contributed by atoms with Crippen molar-refractivity contribution in [3.63, 3.8) is 0 Å². The Bertz CT molecular complexity index is 594. The van der Waals surface area contributed by atoms with E-state index in [1.165, 1.54) is 6.07 Å². The van der Waals surface area contributed by atoms with E-state index in [-0.39, 0.29) is 11.9 Å². The van der Waals surface area contributed by atoms with Crippen LogP contribution in [0, 0.1) is 5.82 Å². The summed E-state index contributed by atoms with van der Waals surface area (Å²) in [6, 6.07) is 12.4. The lowest BCUT2D eigenvalue weighted by Gasteiger charge is -2.13. The standard InChI is InChI=1S/C15H14BrClFNS/c16-13-3-1-2-4-15(13)20-9-12(19)8-10-7-11(17)5-6-14(10)18/h1-7,12H,8-9,19H2. The first-order chi connectivity index (χ1) is 9.56. The van der Waals surface area contributed by atoms with Crippen LogP contribution in [0.4, 0.5) is 4.39 Å². The van der Waals surface area contributed by atoms with Crippen molar-refractivity contribution < 1.29 is 4.39 Å². The minimum atomic E-state index is -0.254. The fraction of sp³-hybridized carbons (Fsp3) is 0.200. The highest BCUT2D eigenvalue weighted by atomic mass is 79.9. The first kappa shape index (κ1) is 15.8. The second-order valence-corrected chi connectivity index (χ2v) is 6.79. The average molecular weight is 375 g/mol. The van der Waals surface area contributed by atoms with Crippen molar-refractivity contribution in [2.24, 2.45) is 5.73 Å². The third kappa shape index (κ3) is 4.48. The van der Waals surface area contributed by atoms with Gasteiger partial charge in [0.15, 0.2) is 0 Å². The zero-order valence-corrected chi connectivity index (χ0v) is 13.8. The average Bonchev–Trinajstić information content (AvgIpc) is 2.42. The van der Waals surface area contributed by atoms with Gasteiger partial charge in [0.2, 0.25) is 0 Å². The molecule has 1 nitrogen and oxygen atoms in total. The summed E-state index contributed by atoms with van der Waals surface area (Å²) in [5.74, 6) is 0.463. The topological polar surface area (TPSA) is 26.0 Å². The molecule has 1 unspecified atom stereocenters. The number of hydrogen-bond donors (Lipinski definition) is 1. The van der Waals surface area contributed by atoms with Crippen LogP contribution in [0.3, 0.4) is 0 Å².